The molecule has 0 aliphatic heterocycles. The first-order valence-electron chi connectivity index (χ1n) is 10.8. The molecule has 1 fully saturated rings. The molecule has 1 aliphatic rings. The highest BCUT2D eigenvalue weighted by Gasteiger charge is 2.45. The predicted molar refractivity (Wildman–Crippen MR) is 119 cm³/mol. The summed E-state index contributed by atoms with van der Waals surface area (Å²) in [4.78, 5) is 16.2. The van der Waals surface area contributed by atoms with E-state index in [-0.39, 0.29) is 18.7 Å². The molecule has 0 spiro atoms. The van der Waals surface area contributed by atoms with E-state index in [1.165, 1.54) is 0 Å². The van der Waals surface area contributed by atoms with E-state index < -0.39 is 11.3 Å². The Balaban J connectivity index is 1.60. The zero-order chi connectivity index (χ0) is 22.6. The largest absolute Gasteiger partial charge is 0.487 e. The first-order chi connectivity index (χ1) is 15.4. The summed E-state index contributed by atoms with van der Waals surface area (Å²) in [6, 6.07) is 20.6. The molecule has 0 saturated heterocycles. The van der Waals surface area contributed by atoms with Crippen molar-refractivity contribution in [3.8, 4) is 5.75 Å². The molecule has 1 aliphatic carbocycles. The Hall–Kier alpha value is -3.28. The lowest BCUT2D eigenvalue weighted by Crippen LogP contribution is -2.37. The van der Waals surface area contributed by atoms with Crippen LogP contribution < -0.4 is 10.1 Å². The van der Waals surface area contributed by atoms with Crippen LogP contribution in [0.15, 0.2) is 72.9 Å². The fourth-order valence-electron chi connectivity index (χ4n) is 4.38. The zero-order valence-electron chi connectivity index (χ0n) is 18.0. The van der Waals surface area contributed by atoms with Crippen LogP contribution in [-0.4, -0.2) is 23.9 Å². The number of rotatable bonds is 6. The van der Waals surface area contributed by atoms with E-state index in [4.69, 9.17) is 4.74 Å². The van der Waals surface area contributed by atoms with Crippen LogP contribution in [0.3, 0.4) is 0 Å². The van der Waals surface area contributed by atoms with E-state index in [0.29, 0.717) is 30.8 Å². The van der Waals surface area contributed by atoms with Crippen molar-refractivity contribution in [1.82, 2.24) is 10.3 Å². The van der Waals surface area contributed by atoms with Gasteiger partial charge in [-0.3, -0.25) is 9.78 Å². The Bertz CT molecular complexity index is 1040. The smallest absolute Gasteiger partial charge is 0.251 e. The minimum Gasteiger partial charge on any atom is -0.487 e. The maximum absolute atomic E-state index is 14.0. The standard InChI is InChI=1S/C26H26F2N2O2/c1-29-24(31)19-5-7-20(8-6-19)25(13-15-26(27,28)16-14-25)21-9-11-23(12-10-21)32-18-22-4-2-3-17-30-22/h2-12,17H,13-16,18H2,1H3,(H,29,31). The van der Waals surface area contributed by atoms with Crippen molar-refractivity contribution < 1.29 is 18.3 Å². The number of nitrogens with zero attached hydrogens (tertiary/aromatic N) is 1. The van der Waals surface area contributed by atoms with Crippen LogP contribution in [-0.2, 0) is 12.0 Å². The second-order valence-corrected chi connectivity index (χ2v) is 8.23. The second-order valence-electron chi connectivity index (χ2n) is 8.23. The van der Waals surface area contributed by atoms with Gasteiger partial charge < -0.3 is 10.1 Å². The summed E-state index contributed by atoms with van der Waals surface area (Å²) in [6.07, 6.45) is 2.07. The van der Waals surface area contributed by atoms with Crippen LogP contribution in [0.1, 0.15) is 52.9 Å². The molecule has 0 atom stereocenters. The molecular weight excluding hydrogens is 410 g/mol. The van der Waals surface area contributed by atoms with Gasteiger partial charge in [0.05, 0.1) is 5.69 Å². The fourth-order valence-corrected chi connectivity index (χ4v) is 4.38. The van der Waals surface area contributed by atoms with Crippen molar-refractivity contribution >= 4 is 5.91 Å². The van der Waals surface area contributed by atoms with Crippen molar-refractivity contribution in [1.29, 1.82) is 0 Å². The number of amides is 1. The average Bonchev–Trinajstić information content (AvgIpc) is 2.84. The number of halogens is 2. The molecule has 166 valence electrons. The molecule has 1 heterocycles. The van der Waals surface area contributed by atoms with E-state index in [9.17, 15) is 13.6 Å². The van der Waals surface area contributed by atoms with Crippen molar-refractivity contribution in [2.75, 3.05) is 7.05 Å². The summed E-state index contributed by atoms with van der Waals surface area (Å²) in [5, 5.41) is 2.61. The van der Waals surface area contributed by atoms with Gasteiger partial charge in [0.1, 0.15) is 12.4 Å². The number of aromatic nitrogens is 1. The number of hydrogen-bond acceptors (Lipinski definition) is 3. The minimum absolute atomic E-state index is 0.165. The molecule has 1 saturated carbocycles. The van der Waals surface area contributed by atoms with Crippen LogP contribution in [0.2, 0.25) is 0 Å². The number of hydrogen-bond donors (Lipinski definition) is 1. The van der Waals surface area contributed by atoms with Gasteiger partial charge in [-0.1, -0.05) is 30.3 Å². The van der Waals surface area contributed by atoms with Crippen LogP contribution in [0.25, 0.3) is 0 Å². The quantitative estimate of drug-likeness (QED) is 0.554. The molecule has 4 rings (SSSR count). The van der Waals surface area contributed by atoms with Gasteiger partial charge in [-0.2, -0.15) is 0 Å². The Morgan fingerprint density at radius 2 is 1.56 bits per heavy atom. The number of nitrogens with one attached hydrogen (secondary N) is 1. The predicted octanol–water partition coefficient (Wildman–Crippen LogP) is 5.52. The van der Waals surface area contributed by atoms with Crippen molar-refractivity contribution in [3.63, 3.8) is 0 Å². The molecule has 0 unspecified atom stereocenters. The maximum Gasteiger partial charge on any atom is 0.251 e. The molecule has 0 bridgehead atoms. The molecule has 1 amide bonds. The Kier molecular flexibility index (Phi) is 6.21. The van der Waals surface area contributed by atoms with Crippen molar-refractivity contribution in [2.45, 2.75) is 43.6 Å². The summed E-state index contributed by atoms with van der Waals surface area (Å²) in [7, 11) is 1.58. The molecule has 1 N–H and O–H groups in total. The second kappa shape index (κ2) is 9.07. The molecule has 6 heteroatoms. The molecular formula is C26H26F2N2O2. The third kappa shape index (κ3) is 4.64. The molecule has 4 nitrogen and oxygen atoms in total. The number of pyridine rings is 1. The van der Waals surface area contributed by atoms with Gasteiger partial charge in [-0.25, -0.2) is 8.78 Å². The summed E-state index contributed by atoms with van der Waals surface area (Å²) in [5.74, 6) is -2.11. The molecule has 32 heavy (non-hydrogen) atoms. The van der Waals surface area contributed by atoms with Gasteiger partial charge in [-0.05, 0) is 60.4 Å². The zero-order valence-corrected chi connectivity index (χ0v) is 18.0. The number of ether oxygens (including phenoxy) is 1. The summed E-state index contributed by atoms with van der Waals surface area (Å²) < 4.78 is 33.9. The Morgan fingerprint density at radius 3 is 2.12 bits per heavy atom. The Morgan fingerprint density at radius 1 is 0.938 bits per heavy atom. The van der Waals surface area contributed by atoms with E-state index >= 15 is 0 Å². The van der Waals surface area contributed by atoms with Crippen molar-refractivity contribution in [3.05, 3.63) is 95.3 Å². The number of carbonyl (C=O) groups is 1. The number of carbonyl (C=O) groups excluding carboxylic acids is 1. The summed E-state index contributed by atoms with van der Waals surface area (Å²) in [5.41, 5.74) is 2.78. The molecule has 2 aromatic carbocycles. The van der Waals surface area contributed by atoms with Crippen LogP contribution in [0.5, 0.6) is 5.75 Å². The molecule has 1 aromatic heterocycles. The van der Waals surface area contributed by atoms with Gasteiger partial charge in [0, 0.05) is 37.1 Å². The van der Waals surface area contributed by atoms with Crippen LogP contribution in [0, 0.1) is 0 Å². The first kappa shape index (κ1) is 21.9. The van der Waals surface area contributed by atoms with Crippen LogP contribution in [0.4, 0.5) is 8.78 Å². The molecule has 0 radical (unpaired) electrons. The highest BCUT2D eigenvalue weighted by Crippen LogP contribution is 2.49. The van der Waals surface area contributed by atoms with Gasteiger partial charge in [0.2, 0.25) is 5.92 Å². The van der Waals surface area contributed by atoms with Crippen molar-refractivity contribution in [2.24, 2.45) is 0 Å². The van der Waals surface area contributed by atoms with E-state index in [0.717, 1.165) is 16.8 Å². The third-order valence-electron chi connectivity index (χ3n) is 6.28. The average molecular weight is 437 g/mol. The van der Waals surface area contributed by atoms with Gasteiger partial charge >= 0.3 is 0 Å². The minimum atomic E-state index is -2.64. The monoisotopic (exact) mass is 436 g/mol. The summed E-state index contributed by atoms with van der Waals surface area (Å²) in [6.45, 7) is 0.360. The third-order valence-corrected chi connectivity index (χ3v) is 6.28. The van der Waals surface area contributed by atoms with Crippen LogP contribution >= 0.6 is 0 Å². The normalized spacial score (nSPS) is 16.8. The Labute approximate surface area is 186 Å². The topological polar surface area (TPSA) is 51.2 Å². The first-order valence-corrected chi connectivity index (χ1v) is 10.8. The lowest BCUT2D eigenvalue weighted by Gasteiger charge is -2.41. The fraction of sp³-hybridized carbons (Fsp3) is 0.308. The van der Waals surface area contributed by atoms with E-state index in [2.05, 4.69) is 10.3 Å². The lowest BCUT2D eigenvalue weighted by atomic mass is 9.64. The highest BCUT2D eigenvalue weighted by atomic mass is 19.3. The van der Waals surface area contributed by atoms with Gasteiger partial charge in [-0.15, -0.1) is 0 Å². The maximum atomic E-state index is 14.0. The number of benzene rings is 2. The van der Waals surface area contributed by atoms with E-state index in [1.54, 1.807) is 25.4 Å². The SMILES string of the molecule is CNC(=O)c1ccc(C2(c3ccc(OCc4ccccn4)cc3)CCC(F)(F)CC2)cc1. The van der Waals surface area contributed by atoms with Gasteiger partial charge in [0.15, 0.2) is 0 Å². The van der Waals surface area contributed by atoms with Gasteiger partial charge in [0.25, 0.3) is 5.91 Å². The number of alkyl halides is 2. The van der Waals surface area contributed by atoms with E-state index in [1.807, 2.05) is 54.6 Å². The summed E-state index contributed by atoms with van der Waals surface area (Å²) >= 11 is 0. The highest BCUT2D eigenvalue weighted by molar-refractivity contribution is 5.94. The molecule has 3 aromatic rings. The lowest BCUT2D eigenvalue weighted by molar-refractivity contribution is -0.0470.